The van der Waals surface area contributed by atoms with E-state index in [0.29, 0.717) is 13.0 Å². The highest BCUT2D eigenvalue weighted by Gasteiger charge is 2.18. The summed E-state index contributed by atoms with van der Waals surface area (Å²) in [4.78, 5) is 10.5. The molecule has 1 aromatic rings. The topological polar surface area (TPSA) is 55.8 Å². The van der Waals surface area contributed by atoms with Gasteiger partial charge >= 0.3 is 5.97 Å². The third-order valence-corrected chi connectivity index (χ3v) is 2.99. The molecule has 1 saturated heterocycles. The maximum Gasteiger partial charge on any atom is 0.303 e. The van der Waals surface area contributed by atoms with Crippen LogP contribution in [-0.4, -0.2) is 30.4 Å². The van der Waals surface area contributed by atoms with Crippen molar-refractivity contribution in [1.29, 1.82) is 0 Å². The second-order valence-electron chi connectivity index (χ2n) is 4.46. The fraction of sp³-hybridized carbons (Fsp3) is 0.500. The van der Waals surface area contributed by atoms with E-state index >= 15 is 0 Å². The molecule has 1 aliphatic heterocycles. The van der Waals surface area contributed by atoms with E-state index in [1.165, 1.54) is 0 Å². The van der Waals surface area contributed by atoms with Gasteiger partial charge in [-0.3, -0.25) is 4.79 Å². The van der Waals surface area contributed by atoms with Crippen molar-refractivity contribution in [3.63, 3.8) is 0 Å². The summed E-state index contributed by atoms with van der Waals surface area (Å²) in [7, 11) is 0. The van der Waals surface area contributed by atoms with Crippen molar-refractivity contribution in [1.82, 2.24) is 0 Å². The van der Waals surface area contributed by atoms with Crippen LogP contribution >= 0.6 is 0 Å². The van der Waals surface area contributed by atoms with E-state index in [1.54, 1.807) is 0 Å². The van der Waals surface area contributed by atoms with Crippen LogP contribution in [0.15, 0.2) is 24.3 Å². The maximum absolute atomic E-state index is 10.5. The number of hydrogen-bond acceptors (Lipinski definition) is 3. The normalized spacial score (nSPS) is 18.8. The van der Waals surface area contributed by atoms with E-state index in [0.717, 1.165) is 30.8 Å². The molecule has 0 amide bonds. The summed E-state index contributed by atoms with van der Waals surface area (Å²) in [6, 6.07) is 7.82. The molecule has 1 heterocycles. The zero-order valence-corrected chi connectivity index (χ0v) is 10.3. The molecular weight excluding hydrogens is 232 g/mol. The van der Waals surface area contributed by atoms with Crippen LogP contribution in [0.4, 0.5) is 0 Å². The minimum atomic E-state index is -0.752. The Balaban J connectivity index is 1.93. The molecule has 1 fully saturated rings. The lowest BCUT2D eigenvalue weighted by Crippen LogP contribution is -2.16. The Kier molecular flexibility index (Phi) is 4.59. The number of aryl methyl sites for hydroxylation is 1. The first-order chi connectivity index (χ1) is 8.75. The SMILES string of the molecule is O=C(O)CCCc1ccccc1OC1CCOC1. The van der Waals surface area contributed by atoms with E-state index in [1.807, 2.05) is 24.3 Å². The van der Waals surface area contributed by atoms with Crippen LogP contribution in [0.1, 0.15) is 24.8 Å². The van der Waals surface area contributed by atoms with Gasteiger partial charge in [0.2, 0.25) is 0 Å². The van der Waals surface area contributed by atoms with Crippen LogP contribution in [0.3, 0.4) is 0 Å². The highest BCUT2D eigenvalue weighted by atomic mass is 16.5. The molecule has 0 aromatic heterocycles. The van der Waals surface area contributed by atoms with Gasteiger partial charge in [-0.25, -0.2) is 0 Å². The average molecular weight is 250 g/mol. The molecule has 18 heavy (non-hydrogen) atoms. The fourth-order valence-electron chi connectivity index (χ4n) is 2.04. The molecule has 98 valence electrons. The van der Waals surface area contributed by atoms with Gasteiger partial charge in [0.25, 0.3) is 0 Å². The van der Waals surface area contributed by atoms with E-state index in [9.17, 15) is 4.79 Å². The third kappa shape index (κ3) is 3.74. The summed E-state index contributed by atoms with van der Waals surface area (Å²) >= 11 is 0. The number of rotatable bonds is 6. The predicted octanol–water partition coefficient (Wildman–Crippen LogP) is 2.26. The highest BCUT2D eigenvalue weighted by Crippen LogP contribution is 2.23. The van der Waals surface area contributed by atoms with Crippen LogP contribution in [0.2, 0.25) is 0 Å². The molecule has 2 rings (SSSR count). The zero-order valence-electron chi connectivity index (χ0n) is 10.3. The number of carbonyl (C=O) groups is 1. The Morgan fingerprint density at radius 2 is 2.28 bits per heavy atom. The van der Waals surface area contributed by atoms with Gasteiger partial charge in [-0.2, -0.15) is 0 Å². The monoisotopic (exact) mass is 250 g/mol. The molecule has 0 aliphatic carbocycles. The summed E-state index contributed by atoms with van der Waals surface area (Å²) in [5.41, 5.74) is 1.07. The maximum atomic E-state index is 10.5. The molecule has 0 saturated carbocycles. The summed E-state index contributed by atoms with van der Waals surface area (Å²) in [5, 5.41) is 8.64. The fourth-order valence-corrected chi connectivity index (χ4v) is 2.04. The number of aliphatic carboxylic acids is 1. The van der Waals surface area contributed by atoms with Crippen molar-refractivity contribution in [2.75, 3.05) is 13.2 Å². The van der Waals surface area contributed by atoms with Gasteiger partial charge < -0.3 is 14.6 Å². The molecule has 1 atom stereocenters. The van der Waals surface area contributed by atoms with Gasteiger partial charge in [0.1, 0.15) is 11.9 Å². The molecule has 0 radical (unpaired) electrons. The zero-order chi connectivity index (χ0) is 12.8. The van der Waals surface area contributed by atoms with Crippen molar-refractivity contribution in [3.05, 3.63) is 29.8 Å². The standard InChI is InChI=1S/C14H18O4/c15-14(16)7-3-5-11-4-1-2-6-13(11)18-12-8-9-17-10-12/h1-2,4,6,12H,3,5,7-10H2,(H,15,16). The lowest BCUT2D eigenvalue weighted by Gasteiger charge is -2.15. The number of carboxylic acid groups (broad SMARTS) is 1. The second-order valence-corrected chi connectivity index (χ2v) is 4.46. The predicted molar refractivity (Wildman–Crippen MR) is 66.9 cm³/mol. The Hall–Kier alpha value is -1.55. The minimum Gasteiger partial charge on any atom is -0.488 e. The number of benzene rings is 1. The van der Waals surface area contributed by atoms with Crippen LogP contribution in [0.5, 0.6) is 5.75 Å². The van der Waals surface area contributed by atoms with Crippen LogP contribution in [0, 0.1) is 0 Å². The second kappa shape index (κ2) is 6.40. The third-order valence-electron chi connectivity index (χ3n) is 2.99. The summed E-state index contributed by atoms with van der Waals surface area (Å²) in [6.07, 6.45) is 2.61. The Bertz CT molecular complexity index is 397. The van der Waals surface area contributed by atoms with Crippen molar-refractivity contribution in [3.8, 4) is 5.75 Å². The van der Waals surface area contributed by atoms with E-state index in [-0.39, 0.29) is 12.5 Å². The first-order valence-corrected chi connectivity index (χ1v) is 6.30. The largest absolute Gasteiger partial charge is 0.488 e. The molecule has 4 heteroatoms. The Morgan fingerprint density at radius 3 is 3.00 bits per heavy atom. The number of hydrogen-bond donors (Lipinski definition) is 1. The van der Waals surface area contributed by atoms with Gasteiger partial charge in [-0.05, 0) is 24.5 Å². The lowest BCUT2D eigenvalue weighted by molar-refractivity contribution is -0.137. The average Bonchev–Trinajstić information content (AvgIpc) is 2.84. The van der Waals surface area contributed by atoms with E-state index in [2.05, 4.69) is 0 Å². The Morgan fingerprint density at radius 1 is 1.44 bits per heavy atom. The molecule has 0 spiro atoms. The van der Waals surface area contributed by atoms with E-state index in [4.69, 9.17) is 14.6 Å². The lowest BCUT2D eigenvalue weighted by atomic mass is 10.1. The summed E-state index contributed by atoms with van der Waals surface area (Å²) in [6.45, 7) is 1.40. The minimum absolute atomic E-state index is 0.130. The quantitative estimate of drug-likeness (QED) is 0.841. The van der Waals surface area contributed by atoms with Gasteiger partial charge in [-0.1, -0.05) is 18.2 Å². The number of carboxylic acids is 1. The smallest absolute Gasteiger partial charge is 0.303 e. The van der Waals surface area contributed by atoms with Gasteiger partial charge in [0.15, 0.2) is 0 Å². The molecule has 1 N–H and O–H groups in total. The van der Waals surface area contributed by atoms with Gasteiger partial charge in [0.05, 0.1) is 13.2 Å². The molecular formula is C14H18O4. The van der Waals surface area contributed by atoms with E-state index < -0.39 is 5.97 Å². The molecule has 1 unspecified atom stereocenters. The molecule has 4 nitrogen and oxygen atoms in total. The number of ether oxygens (including phenoxy) is 2. The Labute approximate surface area is 107 Å². The van der Waals surface area contributed by atoms with Crippen molar-refractivity contribution < 1.29 is 19.4 Å². The first kappa shape index (κ1) is 12.9. The van der Waals surface area contributed by atoms with Crippen molar-refractivity contribution in [2.45, 2.75) is 31.8 Å². The molecule has 0 bridgehead atoms. The highest BCUT2D eigenvalue weighted by molar-refractivity contribution is 5.66. The van der Waals surface area contributed by atoms with Crippen molar-refractivity contribution in [2.24, 2.45) is 0 Å². The summed E-state index contributed by atoms with van der Waals surface area (Å²) in [5.74, 6) is 0.107. The van der Waals surface area contributed by atoms with Gasteiger partial charge in [0, 0.05) is 12.8 Å². The first-order valence-electron chi connectivity index (χ1n) is 6.30. The number of para-hydroxylation sites is 1. The van der Waals surface area contributed by atoms with Crippen molar-refractivity contribution >= 4 is 5.97 Å². The summed E-state index contributed by atoms with van der Waals surface area (Å²) < 4.78 is 11.2. The van der Waals surface area contributed by atoms with Crippen LogP contribution in [-0.2, 0) is 16.0 Å². The molecule has 1 aromatic carbocycles. The van der Waals surface area contributed by atoms with Gasteiger partial charge in [-0.15, -0.1) is 0 Å². The molecule has 1 aliphatic rings. The van der Waals surface area contributed by atoms with Crippen LogP contribution in [0.25, 0.3) is 0 Å². The van der Waals surface area contributed by atoms with Crippen LogP contribution < -0.4 is 4.74 Å².